The number of phenolic OH excluding ortho intramolecular Hbond substituents is 1. The van der Waals surface area contributed by atoms with Gasteiger partial charge < -0.3 is 15.6 Å². The normalized spacial score (nSPS) is 22.3. The molecular formula is C12H16N2O3. The lowest BCUT2D eigenvalue weighted by molar-refractivity contribution is -0.125. The molecule has 1 heterocycles. The number of primary amides is 1. The smallest absolute Gasteiger partial charge is 0.246 e. The second-order valence-electron chi connectivity index (χ2n) is 4.54. The van der Waals surface area contributed by atoms with Crippen molar-refractivity contribution < 1.29 is 14.6 Å². The SMILES string of the molecule is CC(C)NC1(C(N)=O)COc2cc(O)ccc21. The number of nitrogens with two attached hydrogens (primary N) is 1. The van der Waals surface area contributed by atoms with E-state index in [4.69, 9.17) is 10.5 Å². The molecule has 0 saturated heterocycles. The fourth-order valence-corrected chi connectivity index (χ4v) is 2.13. The van der Waals surface area contributed by atoms with Crippen molar-refractivity contribution in [2.24, 2.45) is 5.73 Å². The molecule has 1 aromatic carbocycles. The predicted molar refractivity (Wildman–Crippen MR) is 62.7 cm³/mol. The van der Waals surface area contributed by atoms with Crippen LogP contribution in [0.25, 0.3) is 0 Å². The zero-order valence-electron chi connectivity index (χ0n) is 9.86. The maximum absolute atomic E-state index is 11.7. The van der Waals surface area contributed by atoms with E-state index in [0.29, 0.717) is 11.3 Å². The van der Waals surface area contributed by atoms with Crippen molar-refractivity contribution in [2.75, 3.05) is 6.61 Å². The summed E-state index contributed by atoms with van der Waals surface area (Å²) in [6.45, 7) is 4.02. The Hall–Kier alpha value is -1.75. The Morgan fingerprint density at radius 1 is 1.59 bits per heavy atom. The van der Waals surface area contributed by atoms with Crippen LogP contribution < -0.4 is 15.8 Å². The number of phenols is 1. The minimum absolute atomic E-state index is 0.0888. The van der Waals surface area contributed by atoms with Crippen LogP contribution in [0.1, 0.15) is 19.4 Å². The van der Waals surface area contributed by atoms with Gasteiger partial charge in [0, 0.05) is 17.7 Å². The summed E-state index contributed by atoms with van der Waals surface area (Å²) < 4.78 is 5.43. The number of carbonyl (C=O) groups excluding carboxylic acids is 1. The maximum Gasteiger partial charge on any atom is 0.246 e. The van der Waals surface area contributed by atoms with Gasteiger partial charge in [-0.1, -0.05) is 0 Å². The summed E-state index contributed by atoms with van der Waals surface area (Å²) in [6.07, 6.45) is 0. The molecule has 1 aliphatic heterocycles. The first-order valence-corrected chi connectivity index (χ1v) is 5.49. The molecule has 0 bridgehead atoms. The van der Waals surface area contributed by atoms with E-state index < -0.39 is 11.4 Å². The Bertz CT molecular complexity index is 459. The highest BCUT2D eigenvalue weighted by molar-refractivity contribution is 5.88. The molecular weight excluding hydrogens is 220 g/mol. The molecule has 2 rings (SSSR count). The number of hydrogen-bond donors (Lipinski definition) is 3. The van der Waals surface area contributed by atoms with Crippen LogP contribution in [0.4, 0.5) is 0 Å². The average Bonchev–Trinajstić information content (AvgIpc) is 2.57. The van der Waals surface area contributed by atoms with Gasteiger partial charge in [0.2, 0.25) is 5.91 Å². The summed E-state index contributed by atoms with van der Waals surface area (Å²) in [4.78, 5) is 11.7. The van der Waals surface area contributed by atoms with Crippen molar-refractivity contribution in [2.45, 2.75) is 25.4 Å². The third-order valence-electron chi connectivity index (χ3n) is 2.82. The van der Waals surface area contributed by atoms with Crippen molar-refractivity contribution in [3.8, 4) is 11.5 Å². The third kappa shape index (κ3) is 1.82. The largest absolute Gasteiger partial charge is 0.508 e. The number of nitrogens with one attached hydrogen (secondary N) is 1. The molecule has 4 N–H and O–H groups in total. The number of ether oxygens (including phenoxy) is 1. The molecule has 0 saturated carbocycles. The molecule has 1 unspecified atom stereocenters. The zero-order chi connectivity index (χ0) is 12.6. The Morgan fingerprint density at radius 2 is 2.29 bits per heavy atom. The fraction of sp³-hybridized carbons (Fsp3) is 0.417. The van der Waals surface area contributed by atoms with Gasteiger partial charge in [0.25, 0.3) is 0 Å². The summed E-state index contributed by atoms with van der Waals surface area (Å²) in [5, 5.41) is 12.5. The first-order valence-electron chi connectivity index (χ1n) is 5.49. The standard InChI is InChI=1S/C12H16N2O3/c1-7(2)14-12(11(13)16)6-17-10-5-8(15)3-4-9(10)12/h3-5,7,14-15H,6H2,1-2H3,(H2,13,16). The van der Waals surface area contributed by atoms with E-state index in [-0.39, 0.29) is 18.4 Å². The van der Waals surface area contributed by atoms with Crippen molar-refractivity contribution in [1.82, 2.24) is 5.32 Å². The van der Waals surface area contributed by atoms with Gasteiger partial charge in [0.05, 0.1) is 0 Å². The molecule has 0 aromatic heterocycles. The summed E-state index contributed by atoms with van der Waals surface area (Å²) in [5.74, 6) is 0.126. The van der Waals surface area contributed by atoms with Gasteiger partial charge in [-0.25, -0.2) is 0 Å². The third-order valence-corrected chi connectivity index (χ3v) is 2.82. The molecule has 0 fully saturated rings. The lowest BCUT2D eigenvalue weighted by Crippen LogP contribution is -2.56. The summed E-state index contributed by atoms with van der Waals surface area (Å²) in [7, 11) is 0. The second kappa shape index (κ2) is 3.92. The van der Waals surface area contributed by atoms with E-state index in [1.165, 1.54) is 12.1 Å². The maximum atomic E-state index is 11.7. The van der Waals surface area contributed by atoms with E-state index >= 15 is 0 Å². The van der Waals surface area contributed by atoms with Gasteiger partial charge >= 0.3 is 0 Å². The summed E-state index contributed by atoms with van der Waals surface area (Å²) in [6, 6.07) is 4.76. The number of hydrogen-bond acceptors (Lipinski definition) is 4. The van der Waals surface area contributed by atoms with Crippen LogP contribution >= 0.6 is 0 Å². The molecule has 0 aliphatic carbocycles. The van der Waals surface area contributed by atoms with Gasteiger partial charge in [-0.15, -0.1) is 0 Å². The minimum atomic E-state index is -1.00. The number of rotatable bonds is 3. The van der Waals surface area contributed by atoms with Crippen molar-refractivity contribution in [3.63, 3.8) is 0 Å². The van der Waals surface area contributed by atoms with Crippen LogP contribution in [-0.2, 0) is 10.3 Å². The molecule has 5 heteroatoms. The molecule has 1 aliphatic rings. The first kappa shape index (κ1) is 11.7. The topological polar surface area (TPSA) is 84.6 Å². The summed E-state index contributed by atoms with van der Waals surface area (Å²) in [5.41, 5.74) is 5.16. The average molecular weight is 236 g/mol. The minimum Gasteiger partial charge on any atom is -0.508 e. The Balaban J connectivity index is 2.49. The first-order chi connectivity index (χ1) is 7.95. The highest BCUT2D eigenvalue weighted by Crippen LogP contribution is 2.39. The highest BCUT2D eigenvalue weighted by atomic mass is 16.5. The van der Waals surface area contributed by atoms with E-state index in [0.717, 1.165) is 0 Å². The fourth-order valence-electron chi connectivity index (χ4n) is 2.13. The quantitative estimate of drug-likeness (QED) is 0.712. The highest BCUT2D eigenvalue weighted by Gasteiger charge is 2.46. The Labute approximate surface area is 99.6 Å². The predicted octanol–water partition coefficient (Wildman–Crippen LogP) is 0.463. The zero-order valence-corrected chi connectivity index (χ0v) is 9.86. The lowest BCUT2D eigenvalue weighted by Gasteiger charge is -2.28. The molecule has 0 radical (unpaired) electrons. The number of aromatic hydroxyl groups is 1. The molecule has 1 aromatic rings. The van der Waals surface area contributed by atoms with Gasteiger partial charge in [0.1, 0.15) is 18.1 Å². The number of amides is 1. The molecule has 17 heavy (non-hydrogen) atoms. The number of carbonyl (C=O) groups is 1. The summed E-state index contributed by atoms with van der Waals surface area (Å²) >= 11 is 0. The van der Waals surface area contributed by atoms with Crippen LogP contribution in [0.2, 0.25) is 0 Å². The number of benzene rings is 1. The monoisotopic (exact) mass is 236 g/mol. The van der Waals surface area contributed by atoms with E-state index in [2.05, 4.69) is 5.32 Å². The van der Waals surface area contributed by atoms with Crippen LogP contribution in [0, 0.1) is 0 Å². The van der Waals surface area contributed by atoms with Crippen LogP contribution in [0.5, 0.6) is 11.5 Å². The van der Waals surface area contributed by atoms with E-state index in [1.807, 2.05) is 13.8 Å². The van der Waals surface area contributed by atoms with Gasteiger partial charge in [0.15, 0.2) is 5.54 Å². The van der Waals surface area contributed by atoms with Crippen LogP contribution in [-0.4, -0.2) is 23.7 Å². The van der Waals surface area contributed by atoms with E-state index in [9.17, 15) is 9.90 Å². The van der Waals surface area contributed by atoms with E-state index in [1.54, 1.807) is 6.07 Å². The Kier molecular flexibility index (Phi) is 2.71. The lowest BCUT2D eigenvalue weighted by atomic mass is 9.90. The second-order valence-corrected chi connectivity index (χ2v) is 4.54. The molecule has 1 amide bonds. The van der Waals surface area contributed by atoms with Crippen molar-refractivity contribution in [1.29, 1.82) is 0 Å². The van der Waals surface area contributed by atoms with Crippen molar-refractivity contribution >= 4 is 5.91 Å². The van der Waals surface area contributed by atoms with Crippen molar-refractivity contribution in [3.05, 3.63) is 23.8 Å². The van der Waals surface area contributed by atoms with Gasteiger partial charge in [-0.05, 0) is 26.0 Å². The molecule has 92 valence electrons. The molecule has 5 nitrogen and oxygen atoms in total. The van der Waals surface area contributed by atoms with Gasteiger partial charge in [-0.2, -0.15) is 0 Å². The van der Waals surface area contributed by atoms with Crippen LogP contribution in [0.15, 0.2) is 18.2 Å². The molecule has 0 spiro atoms. The van der Waals surface area contributed by atoms with Crippen LogP contribution in [0.3, 0.4) is 0 Å². The molecule has 1 atom stereocenters. The number of fused-ring (bicyclic) bond motifs is 1. The van der Waals surface area contributed by atoms with Gasteiger partial charge in [-0.3, -0.25) is 10.1 Å². The Morgan fingerprint density at radius 3 is 2.88 bits per heavy atom.